The Kier molecular flexibility index (Phi) is 4.57. The highest BCUT2D eigenvalue weighted by Crippen LogP contribution is 2.40. The molecular weight excluding hydrogens is 292 g/mol. The van der Waals surface area contributed by atoms with E-state index in [1.54, 1.807) is 11.3 Å². The number of carbonyl (C=O) groups excluding carboxylic acids is 1. The van der Waals surface area contributed by atoms with E-state index in [4.69, 9.17) is 0 Å². The van der Waals surface area contributed by atoms with Crippen molar-refractivity contribution < 1.29 is 4.79 Å². The van der Waals surface area contributed by atoms with Crippen LogP contribution in [0.5, 0.6) is 0 Å². The number of hydrogen-bond acceptors (Lipinski definition) is 3. The van der Waals surface area contributed by atoms with Gasteiger partial charge in [0.2, 0.25) is 5.91 Å². The number of carbonyl (C=O) groups is 1. The summed E-state index contributed by atoms with van der Waals surface area (Å²) in [4.78, 5) is 16.6. The van der Waals surface area contributed by atoms with E-state index >= 15 is 0 Å². The van der Waals surface area contributed by atoms with E-state index in [0.29, 0.717) is 6.42 Å². The number of aryl methyl sites for hydroxylation is 1. The Morgan fingerprint density at radius 2 is 2.00 bits per heavy atom. The molecular formula is C18H22N2OS. The number of nitrogens with zero attached hydrogens (tertiary/aromatic N) is 1. The number of nitrogens with one attached hydrogen (secondary N) is 1. The van der Waals surface area contributed by atoms with Crippen LogP contribution in [-0.2, 0) is 16.6 Å². The van der Waals surface area contributed by atoms with E-state index in [2.05, 4.69) is 40.6 Å². The van der Waals surface area contributed by atoms with E-state index in [9.17, 15) is 4.79 Å². The summed E-state index contributed by atoms with van der Waals surface area (Å²) in [6.45, 7) is 2.70. The zero-order valence-electron chi connectivity index (χ0n) is 13.0. The molecule has 1 saturated carbocycles. The summed E-state index contributed by atoms with van der Waals surface area (Å²) < 4.78 is 0. The van der Waals surface area contributed by atoms with Gasteiger partial charge in [-0.25, -0.2) is 4.98 Å². The molecule has 1 heterocycles. The Balaban J connectivity index is 1.64. The van der Waals surface area contributed by atoms with Crippen molar-refractivity contribution in [1.29, 1.82) is 0 Å². The Bertz CT molecular complexity index is 630. The van der Waals surface area contributed by atoms with Gasteiger partial charge in [-0.1, -0.05) is 43.2 Å². The van der Waals surface area contributed by atoms with Gasteiger partial charge in [-0.2, -0.15) is 0 Å². The summed E-state index contributed by atoms with van der Waals surface area (Å²) in [5.41, 5.74) is 2.35. The first kappa shape index (κ1) is 15.2. The van der Waals surface area contributed by atoms with Crippen LogP contribution in [0.15, 0.2) is 35.7 Å². The number of hydrogen-bond donors (Lipinski definition) is 1. The van der Waals surface area contributed by atoms with Crippen LogP contribution < -0.4 is 5.32 Å². The van der Waals surface area contributed by atoms with Gasteiger partial charge in [0.15, 0.2) is 0 Å². The van der Waals surface area contributed by atoms with Crippen LogP contribution >= 0.6 is 11.3 Å². The topological polar surface area (TPSA) is 42.0 Å². The molecule has 1 aromatic carbocycles. The number of benzene rings is 1. The van der Waals surface area contributed by atoms with Gasteiger partial charge in [0.1, 0.15) is 0 Å². The van der Waals surface area contributed by atoms with Crippen LogP contribution in [0.4, 0.5) is 0 Å². The van der Waals surface area contributed by atoms with Crippen molar-refractivity contribution in [2.75, 3.05) is 6.54 Å². The lowest BCUT2D eigenvalue weighted by atomic mass is 9.79. The van der Waals surface area contributed by atoms with Crippen LogP contribution in [-0.4, -0.2) is 17.4 Å². The Labute approximate surface area is 135 Å². The summed E-state index contributed by atoms with van der Waals surface area (Å²) >= 11 is 1.59. The minimum Gasteiger partial charge on any atom is -0.355 e. The molecule has 0 unspecified atom stereocenters. The number of aromatic nitrogens is 1. The normalized spacial score (nSPS) is 16.6. The minimum atomic E-state index is 0.0764. The van der Waals surface area contributed by atoms with E-state index in [1.165, 1.54) is 18.4 Å². The van der Waals surface area contributed by atoms with Crippen molar-refractivity contribution in [2.24, 2.45) is 0 Å². The second-order valence-corrected chi connectivity index (χ2v) is 7.23. The van der Waals surface area contributed by atoms with Crippen LogP contribution in [0, 0.1) is 6.92 Å². The standard InChI is InChI=1S/C18H22N2OS/c1-14-20-16(12-22-14)11-17(21)19-13-18(9-5-6-10-18)15-7-3-2-4-8-15/h2-4,7-8,12H,5-6,9-11,13H2,1H3,(H,19,21). The number of amides is 1. The molecule has 4 heteroatoms. The summed E-state index contributed by atoms with van der Waals surface area (Å²) in [7, 11) is 0. The quantitative estimate of drug-likeness (QED) is 0.916. The van der Waals surface area contributed by atoms with E-state index in [-0.39, 0.29) is 11.3 Å². The smallest absolute Gasteiger partial charge is 0.226 e. The molecule has 1 amide bonds. The van der Waals surface area contributed by atoms with Gasteiger partial charge >= 0.3 is 0 Å². The molecule has 1 aromatic heterocycles. The molecule has 0 atom stereocenters. The molecule has 0 saturated heterocycles. The van der Waals surface area contributed by atoms with E-state index in [0.717, 1.165) is 30.1 Å². The second-order valence-electron chi connectivity index (χ2n) is 6.16. The van der Waals surface area contributed by atoms with Crippen LogP contribution in [0.25, 0.3) is 0 Å². The average Bonchev–Trinajstić information content (AvgIpc) is 3.16. The maximum atomic E-state index is 12.2. The highest BCUT2D eigenvalue weighted by Gasteiger charge is 2.35. The molecule has 1 fully saturated rings. The molecule has 3 rings (SSSR count). The lowest BCUT2D eigenvalue weighted by Crippen LogP contribution is -2.39. The highest BCUT2D eigenvalue weighted by molar-refractivity contribution is 7.09. The van der Waals surface area contributed by atoms with Crippen molar-refractivity contribution in [3.8, 4) is 0 Å². The fraction of sp³-hybridized carbons (Fsp3) is 0.444. The molecule has 1 N–H and O–H groups in total. The molecule has 2 aromatic rings. The van der Waals surface area contributed by atoms with Gasteiger partial charge in [-0.05, 0) is 25.3 Å². The average molecular weight is 314 g/mol. The van der Waals surface area contributed by atoms with Gasteiger partial charge in [0.05, 0.1) is 17.1 Å². The van der Waals surface area contributed by atoms with Crippen molar-refractivity contribution in [2.45, 2.75) is 44.4 Å². The fourth-order valence-electron chi connectivity index (χ4n) is 3.40. The molecule has 0 spiro atoms. The third-order valence-electron chi connectivity index (χ3n) is 4.58. The van der Waals surface area contributed by atoms with Crippen molar-refractivity contribution in [1.82, 2.24) is 10.3 Å². The summed E-state index contributed by atoms with van der Waals surface area (Å²) in [6, 6.07) is 10.6. The summed E-state index contributed by atoms with van der Waals surface area (Å²) in [5, 5.41) is 6.13. The monoisotopic (exact) mass is 314 g/mol. The van der Waals surface area contributed by atoms with Crippen molar-refractivity contribution >= 4 is 17.2 Å². The Hall–Kier alpha value is -1.68. The maximum absolute atomic E-state index is 12.2. The van der Waals surface area contributed by atoms with Gasteiger partial charge in [-0.3, -0.25) is 4.79 Å². The summed E-state index contributed by atoms with van der Waals surface area (Å²) in [6.07, 6.45) is 5.20. The zero-order chi connectivity index (χ0) is 15.4. The first-order chi connectivity index (χ1) is 10.7. The molecule has 0 aliphatic heterocycles. The number of rotatable bonds is 5. The van der Waals surface area contributed by atoms with Crippen LogP contribution in [0.3, 0.4) is 0 Å². The van der Waals surface area contributed by atoms with Crippen LogP contribution in [0.2, 0.25) is 0 Å². The molecule has 116 valence electrons. The fourth-order valence-corrected chi connectivity index (χ4v) is 4.01. The van der Waals surface area contributed by atoms with E-state index < -0.39 is 0 Å². The third-order valence-corrected chi connectivity index (χ3v) is 5.40. The Morgan fingerprint density at radius 3 is 2.64 bits per heavy atom. The first-order valence-corrected chi connectivity index (χ1v) is 8.79. The van der Waals surface area contributed by atoms with Gasteiger partial charge < -0.3 is 5.32 Å². The molecule has 0 radical (unpaired) electrons. The molecule has 22 heavy (non-hydrogen) atoms. The van der Waals surface area contributed by atoms with Crippen LogP contribution in [0.1, 0.15) is 41.9 Å². The largest absolute Gasteiger partial charge is 0.355 e. The summed E-state index contributed by atoms with van der Waals surface area (Å²) in [5.74, 6) is 0.0764. The maximum Gasteiger partial charge on any atom is 0.226 e. The van der Waals surface area contributed by atoms with Crippen molar-refractivity contribution in [3.63, 3.8) is 0 Å². The molecule has 1 aliphatic carbocycles. The molecule has 0 bridgehead atoms. The highest BCUT2D eigenvalue weighted by atomic mass is 32.1. The van der Waals surface area contributed by atoms with Gasteiger partial charge in [0, 0.05) is 17.3 Å². The van der Waals surface area contributed by atoms with Gasteiger partial charge in [-0.15, -0.1) is 11.3 Å². The van der Waals surface area contributed by atoms with Gasteiger partial charge in [0.25, 0.3) is 0 Å². The zero-order valence-corrected chi connectivity index (χ0v) is 13.8. The SMILES string of the molecule is Cc1nc(CC(=O)NCC2(c3ccccc3)CCCC2)cs1. The van der Waals surface area contributed by atoms with Crippen molar-refractivity contribution in [3.05, 3.63) is 52.0 Å². The predicted molar refractivity (Wildman–Crippen MR) is 90.2 cm³/mol. The Morgan fingerprint density at radius 1 is 1.27 bits per heavy atom. The second kappa shape index (κ2) is 6.61. The molecule has 3 nitrogen and oxygen atoms in total. The first-order valence-electron chi connectivity index (χ1n) is 7.91. The molecule has 1 aliphatic rings. The lowest BCUT2D eigenvalue weighted by molar-refractivity contribution is -0.120. The van der Waals surface area contributed by atoms with E-state index in [1.807, 2.05) is 12.3 Å². The lowest BCUT2D eigenvalue weighted by Gasteiger charge is -2.30. The third kappa shape index (κ3) is 3.38. The number of thiazole rings is 1. The minimum absolute atomic E-state index is 0.0764. The predicted octanol–water partition coefficient (Wildman–Crippen LogP) is 3.62.